The van der Waals surface area contributed by atoms with Crippen LogP contribution in [0.25, 0.3) is 11.3 Å². The van der Waals surface area contributed by atoms with Crippen LogP contribution < -0.4 is 0 Å². The fourth-order valence-corrected chi connectivity index (χ4v) is 1.60. The van der Waals surface area contributed by atoms with Gasteiger partial charge in [-0.1, -0.05) is 17.3 Å². The van der Waals surface area contributed by atoms with Crippen molar-refractivity contribution in [3.05, 3.63) is 41.6 Å². The maximum Gasteiger partial charge on any atom is 0.360 e. The van der Waals surface area contributed by atoms with E-state index in [1.807, 2.05) is 0 Å². The zero-order valence-electron chi connectivity index (χ0n) is 11.1. The average molecular weight is 275 g/mol. The van der Waals surface area contributed by atoms with Gasteiger partial charge in [-0.2, -0.15) is 0 Å². The number of hydrogen-bond donors (Lipinski definition) is 0. The smallest absolute Gasteiger partial charge is 0.360 e. The third kappa shape index (κ3) is 2.85. The van der Waals surface area contributed by atoms with Crippen molar-refractivity contribution in [2.24, 2.45) is 0 Å². The first-order valence-electron chi connectivity index (χ1n) is 5.98. The van der Waals surface area contributed by atoms with E-state index in [4.69, 9.17) is 9.26 Å². The topological polar surface area (TPSA) is 78.6 Å². The van der Waals surface area contributed by atoms with E-state index in [2.05, 4.69) is 9.89 Å². The van der Waals surface area contributed by atoms with Gasteiger partial charge in [-0.05, 0) is 19.1 Å². The van der Waals surface area contributed by atoms with Gasteiger partial charge in [-0.15, -0.1) is 0 Å². The number of esters is 2. The van der Waals surface area contributed by atoms with Crippen LogP contribution in [-0.2, 0) is 9.47 Å². The molecule has 0 aliphatic rings. The summed E-state index contributed by atoms with van der Waals surface area (Å²) in [7, 11) is 1.27. The molecule has 6 nitrogen and oxygen atoms in total. The summed E-state index contributed by atoms with van der Waals surface area (Å²) in [6, 6.07) is 8.09. The molecule has 0 spiro atoms. The van der Waals surface area contributed by atoms with Crippen LogP contribution in [0.3, 0.4) is 0 Å². The molecule has 0 N–H and O–H groups in total. The van der Waals surface area contributed by atoms with Crippen molar-refractivity contribution >= 4 is 11.9 Å². The molecule has 2 rings (SSSR count). The molecule has 0 unspecified atom stereocenters. The molecular weight excluding hydrogens is 262 g/mol. The molecule has 0 radical (unpaired) electrons. The van der Waals surface area contributed by atoms with Crippen LogP contribution in [0.5, 0.6) is 0 Å². The maximum absolute atomic E-state index is 11.5. The number of carbonyl (C=O) groups excluding carboxylic acids is 2. The second kappa shape index (κ2) is 6.01. The lowest BCUT2D eigenvalue weighted by Crippen LogP contribution is -2.03. The van der Waals surface area contributed by atoms with E-state index in [1.54, 1.807) is 31.2 Å². The largest absolute Gasteiger partial charge is 0.464 e. The number of hydrogen-bond acceptors (Lipinski definition) is 6. The highest BCUT2D eigenvalue weighted by Gasteiger charge is 2.14. The lowest BCUT2D eigenvalue weighted by molar-refractivity contribution is 0.0525. The molecule has 1 aromatic heterocycles. The van der Waals surface area contributed by atoms with Gasteiger partial charge >= 0.3 is 11.9 Å². The van der Waals surface area contributed by atoms with Crippen LogP contribution in [-0.4, -0.2) is 30.8 Å². The van der Waals surface area contributed by atoms with Crippen LogP contribution in [0.2, 0.25) is 0 Å². The minimum absolute atomic E-state index is 0.0944. The van der Waals surface area contributed by atoms with E-state index in [-0.39, 0.29) is 11.7 Å². The Morgan fingerprint density at radius 2 is 1.90 bits per heavy atom. The summed E-state index contributed by atoms with van der Waals surface area (Å²) < 4.78 is 14.5. The lowest BCUT2D eigenvalue weighted by Gasteiger charge is -2.01. The maximum atomic E-state index is 11.5. The molecule has 0 amide bonds. The number of carbonyl (C=O) groups is 2. The molecule has 20 heavy (non-hydrogen) atoms. The SMILES string of the molecule is CCOC(=O)c1ccc(-c2cc(C(=O)OC)no2)cc1. The van der Waals surface area contributed by atoms with Gasteiger partial charge in [-0.25, -0.2) is 9.59 Å². The quantitative estimate of drug-likeness (QED) is 0.797. The molecule has 0 atom stereocenters. The molecule has 6 heteroatoms. The first-order chi connectivity index (χ1) is 9.65. The van der Waals surface area contributed by atoms with Gasteiger partial charge in [-0.3, -0.25) is 0 Å². The van der Waals surface area contributed by atoms with Crippen molar-refractivity contribution < 1.29 is 23.6 Å². The monoisotopic (exact) mass is 275 g/mol. The molecule has 104 valence electrons. The number of ether oxygens (including phenoxy) is 2. The Morgan fingerprint density at radius 3 is 2.50 bits per heavy atom. The second-order valence-electron chi connectivity index (χ2n) is 3.87. The van der Waals surface area contributed by atoms with E-state index in [9.17, 15) is 9.59 Å². The Labute approximate surface area is 115 Å². The number of aromatic nitrogens is 1. The van der Waals surface area contributed by atoms with Crippen LogP contribution in [0, 0.1) is 0 Å². The predicted molar refractivity (Wildman–Crippen MR) is 69.2 cm³/mol. The normalized spacial score (nSPS) is 10.1. The van der Waals surface area contributed by atoms with Crippen LogP contribution >= 0.6 is 0 Å². The number of benzene rings is 1. The van der Waals surface area contributed by atoms with Crippen LogP contribution in [0.4, 0.5) is 0 Å². The summed E-state index contributed by atoms with van der Waals surface area (Å²) >= 11 is 0. The van der Waals surface area contributed by atoms with Gasteiger partial charge in [0, 0.05) is 11.6 Å². The zero-order chi connectivity index (χ0) is 14.5. The summed E-state index contributed by atoms with van der Waals surface area (Å²) in [5.74, 6) is -0.532. The van der Waals surface area contributed by atoms with E-state index in [0.717, 1.165) is 0 Å². The van der Waals surface area contributed by atoms with Crippen molar-refractivity contribution in [2.45, 2.75) is 6.92 Å². The molecule has 0 fully saturated rings. The van der Waals surface area contributed by atoms with Crippen molar-refractivity contribution in [3.63, 3.8) is 0 Å². The van der Waals surface area contributed by atoms with Crippen LogP contribution in [0.15, 0.2) is 34.9 Å². The van der Waals surface area contributed by atoms with E-state index < -0.39 is 5.97 Å². The zero-order valence-corrected chi connectivity index (χ0v) is 11.1. The summed E-state index contributed by atoms with van der Waals surface area (Å²) in [6.45, 7) is 2.07. The standard InChI is InChI=1S/C14H13NO5/c1-3-19-13(16)10-6-4-9(5-7-10)12-8-11(15-20-12)14(17)18-2/h4-8H,3H2,1-2H3. The van der Waals surface area contributed by atoms with Crippen LogP contribution in [0.1, 0.15) is 27.8 Å². The summed E-state index contributed by atoms with van der Waals surface area (Å²) in [4.78, 5) is 22.8. The second-order valence-corrected chi connectivity index (χ2v) is 3.87. The number of rotatable bonds is 4. The highest BCUT2D eigenvalue weighted by molar-refractivity contribution is 5.90. The third-order valence-corrected chi connectivity index (χ3v) is 2.59. The first kappa shape index (κ1) is 13.8. The van der Waals surface area contributed by atoms with Crippen molar-refractivity contribution in [1.29, 1.82) is 0 Å². The minimum Gasteiger partial charge on any atom is -0.464 e. The minimum atomic E-state index is -0.567. The van der Waals surface area contributed by atoms with Crippen molar-refractivity contribution in [3.8, 4) is 11.3 Å². The van der Waals surface area contributed by atoms with Gasteiger partial charge in [0.15, 0.2) is 11.5 Å². The Hall–Kier alpha value is -2.63. The molecule has 0 aliphatic heterocycles. The molecule has 0 aliphatic carbocycles. The first-order valence-corrected chi connectivity index (χ1v) is 5.98. The molecule has 0 saturated carbocycles. The molecule has 1 heterocycles. The lowest BCUT2D eigenvalue weighted by atomic mass is 10.1. The Morgan fingerprint density at radius 1 is 1.20 bits per heavy atom. The van der Waals surface area contributed by atoms with E-state index in [1.165, 1.54) is 13.2 Å². The average Bonchev–Trinajstić information content (AvgIpc) is 2.96. The fourth-order valence-electron chi connectivity index (χ4n) is 1.60. The Balaban J connectivity index is 2.19. The highest BCUT2D eigenvalue weighted by Crippen LogP contribution is 2.21. The number of methoxy groups -OCH3 is 1. The van der Waals surface area contributed by atoms with Gasteiger partial charge in [0.1, 0.15) is 0 Å². The summed E-state index contributed by atoms with van der Waals surface area (Å²) in [5.41, 5.74) is 1.24. The van der Waals surface area contributed by atoms with E-state index >= 15 is 0 Å². The number of nitrogens with zero attached hydrogens (tertiary/aromatic N) is 1. The Kier molecular flexibility index (Phi) is 4.14. The highest BCUT2D eigenvalue weighted by atomic mass is 16.5. The molecule has 2 aromatic rings. The third-order valence-electron chi connectivity index (χ3n) is 2.59. The van der Waals surface area contributed by atoms with E-state index in [0.29, 0.717) is 23.5 Å². The summed E-state index contributed by atoms with van der Waals surface area (Å²) in [5, 5.41) is 3.61. The fraction of sp³-hybridized carbons (Fsp3) is 0.214. The van der Waals surface area contributed by atoms with Crippen molar-refractivity contribution in [1.82, 2.24) is 5.16 Å². The van der Waals surface area contributed by atoms with Gasteiger partial charge in [0.05, 0.1) is 19.3 Å². The summed E-state index contributed by atoms with van der Waals surface area (Å²) in [6.07, 6.45) is 0. The van der Waals surface area contributed by atoms with Crippen molar-refractivity contribution in [2.75, 3.05) is 13.7 Å². The molecule has 0 saturated heterocycles. The predicted octanol–water partition coefficient (Wildman–Crippen LogP) is 2.30. The molecular formula is C14H13NO5. The van der Waals surface area contributed by atoms with Gasteiger partial charge < -0.3 is 14.0 Å². The Bertz CT molecular complexity index is 615. The van der Waals surface area contributed by atoms with Gasteiger partial charge in [0.25, 0.3) is 0 Å². The molecule has 0 bridgehead atoms. The van der Waals surface area contributed by atoms with Gasteiger partial charge in [0.2, 0.25) is 0 Å². The molecule has 1 aromatic carbocycles.